The van der Waals surface area contributed by atoms with Crippen LogP contribution in [0, 0.1) is 11.8 Å². The Morgan fingerprint density at radius 1 is 1.20 bits per heavy atom. The molecule has 0 amide bonds. The van der Waals surface area contributed by atoms with Gasteiger partial charge in [-0.05, 0) is 30.7 Å². The highest BCUT2D eigenvalue weighted by Gasteiger charge is 2.37. The molecule has 2 atom stereocenters. The molecule has 1 aromatic heterocycles. The molecule has 0 radical (unpaired) electrons. The van der Waals surface area contributed by atoms with Crippen LogP contribution in [0.2, 0.25) is 0 Å². The van der Waals surface area contributed by atoms with Crippen molar-refractivity contribution < 1.29 is 8.42 Å². The average Bonchev–Trinajstić information content (AvgIpc) is 2.47. The Balaban J connectivity index is 1.84. The van der Waals surface area contributed by atoms with E-state index < -0.39 is 10.0 Å². The lowest BCUT2D eigenvalue weighted by Crippen LogP contribution is -2.44. The minimum atomic E-state index is -3.50. The van der Waals surface area contributed by atoms with E-state index in [1.54, 1.807) is 10.4 Å². The summed E-state index contributed by atoms with van der Waals surface area (Å²) in [5.41, 5.74) is 6.08. The van der Waals surface area contributed by atoms with Gasteiger partial charge in [-0.25, -0.2) is 8.42 Å². The van der Waals surface area contributed by atoms with Crippen molar-refractivity contribution in [1.29, 1.82) is 0 Å². The molecule has 20 heavy (non-hydrogen) atoms. The predicted octanol–water partition coefficient (Wildman–Crippen LogP) is 1.86. The highest BCUT2D eigenvalue weighted by Crippen LogP contribution is 2.38. The zero-order valence-electron chi connectivity index (χ0n) is 11.5. The maximum absolute atomic E-state index is 12.7. The third kappa shape index (κ3) is 2.42. The summed E-state index contributed by atoms with van der Waals surface area (Å²) in [6.45, 7) is 1.25. The van der Waals surface area contributed by atoms with E-state index in [1.807, 2.05) is 0 Å². The number of nitrogen functional groups attached to an aromatic ring is 1. The minimum absolute atomic E-state index is 0.147. The minimum Gasteiger partial charge on any atom is -0.398 e. The molecule has 2 N–H and O–H groups in total. The number of anilines is 1. The first-order valence-corrected chi connectivity index (χ1v) is 8.72. The molecule has 1 aromatic rings. The second-order valence-electron chi connectivity index (χ2n) is 5.87. The zero-order chi connectivity index (χ0) is 14.2. The molecule has 0 spiro atoms. The molecule has 3 rings (SSSR count). The standard InChI is InChI=1S/C14H21N3O2S/c15-13-5-7-16-9-14(13)20(18,19)17-8-6-11-3-1-2-4-12(11)10-17/h5,7,9,11-12H,1-4,6,8,10H2,(H2,15,16). The first-order valence-electron chi connectivity index (χ1n) is 7.28. The molecular weight excluding hydrogens is 274 g/mol. The zero-order valence-corrected chi connectivity index (χ0v) is 12.3. The largest absolute Gasteiger partial charge is 0.398 e. The summed E-state index contributed by atoms with van der Waals surface area (Å²) in [6, 6.07) is 1.54. The molecule has 6 heteroatoms. The molecule has 2 fully saturated rings. The van der Waals surface area contributed by atoms with E-state index >= 15 is 0 Å². The maximum atomic E-state index is 12.7. The second kappa shape index (κ2) is 5.33. The number of hydrogen-bond donors (Lipinski definition) is 1. The van der Waals surface area contributed by atoms with Crippen molar-refractivity contribution in [1.82, 2.24) is 9.29 Å². The van der Waals surface area contributed by atoms with Crippen LogP contribution in [0.3, 0.4) is 0 Å². The van der Waals surface area contributed by atoms with Crippen molar-refractivity contribution in [3.05, 3.63) is 18.5 Å². The van der Waals surface area contributed by atoms with Crippen molar-refractivity contribution in [2.75, 3.05) is 18.8 Å². The monoisotopic (exact) mass is 295 g/mol. The number of aromatic nitrogens is 1. The Hall–Kier alpha value is -1.14. The van der Waals surface area contributed by atoms with E-state index in [1.165, 1.54) is 31.7 Å². The molecule has 2 aliphatic rings. The number of pyridine rings is 1. The van der Waals surface area contributed by atoms with Gasteiger partial charge in [0.15, 0.2) is 0 Å². The van der Waals surface area contributed by atoms with Crippen LogP contribution in [0.1, 0.15) is 32.1 Å². The molecule has 1 saturated carbocycles. The van der Waals surface area contributed by atoms with Crippen LogP contribution >= 0.6 is 0 Å². The highest BCUT2D eigenvalue weighted by atomic mass is 32.2. The summed E-state index contributed by atoms with van der Waals surface area (Å²) >= 11 is 0. The Labute approximate surface area is 120 Å². The smallest absolute Gasteiger partial charge is 0.246 e. The molecule has 1 aliphatic heterocycles. The number of piperidine rings is 1. The lowest BCUT2D eigenvalue weighted by molar-refractivity contribution is 0.136. The van der Waals surface area contributed by atoms with Gasteiger partial charge in [-0.1, -0.05) is 19.3 Å². The van der Waals surface area contributed by atoms with Crippen molar-refractivity contribution in [2.24, 2.45) is 11.8 Å². The third-order valence-electron chi connectivity index (χ3n) is 4.69. The van der Waals surface area contributed by atoms with E-state index in [2.05, 4.69) is 4.98 Å². The van der Waals surface area contributed by atoms with Crippen molar-refractivity contribution in [3.63, 3.8) is 0 Å². The van der Waals surface area contributed by atoms with Gasteiger partial charge in [0, 0.05) is 25.5 Å². The molecule has 0 bridgehead atoms. The number of fused-ring (bicyclic) bond motifs is 1. The Morgan fingerprint density at radius 3 is 2.70 bits per heavy atom. The Morgan fingerprint density at radius 2 is 1.95 bits per heavy atom. The summed E-state index contributed by atoms with van der Waals surface area (Å²) < 4.78 is 27.0. The first-order chi connectivity index (χ1) is 9.59. The number of rotatable bonds is 2. The molecule has 5 nitrogen and oxygen atoms in total. The van der Waals surface area contributed by atoms with Crippen LogP contribution in [0.15, 0.2) is 23.4 Å². The molecule has 1 aliphatic carbocycles. The lowest BCUT2D eigenvalue weighted by atomic mass is 9.76. The molecule has 1 saturated heterocycles. The second-order valence-corrected chi connectivity index (χ2v) is 7.78. The molecule has 110 valence electrons. The fourth-order valence-electron chi connectivity index (χ4n) is 3.53. The van der Waals surface area contributed by atoms with Crippen LogP contribution in [0.5, 0.6) is 0 Å². The molecular formula is C14H21N3O2S. The Kier molecular flexibility index (Phi) is 3.69. The topological polar surface area (TPSA) is 76.3 Å². The highest BCUT2D eigenvalue weighted by molar-refractivity contribution is 7.89. The number of nitrogens with two attached hydrogens (primary N) is 1. The molecule has 0 aromatic carbocycles. The molecule has 2 heterocycles. The van der Waals surface area contributed by atoms with Gasteiger partial charge in [-0.15, -0.1) is 0 Å². The first kappa shape index (κ1) is 13.8. The quantitative estimate of drug-likeness (QED) is 0.903. The van der Waals surface area contributed by atoms with Gasteiger partial charge in [0.05, 0.1) is 5.69 Å². The maximum Gasteiger partial charge on any atom is 0.246 e. The summed E-state index contributed by atoms with van der Waals surface area (Å²) in [5, 5.41) is 0. The van der Waals surface area contributed by atoms with E-state index in [0.717, 1.165) is 12.8 Å². The van der Waals surface area contributed by atoms with Crippen LogP contribution in [-0.4, -0.2) is 30.8 Å². The van der Waals surface area contributed by atoms with Crippen molar-refractivity contribution in [2.45, 2.75) is 37.0 Å². The predicted molar refractivity (Wildman–Crippen MR) is 77.5 cm³/mol. The van der Waals surface area contributed by atoms with E-state index in [0.29, 0.717) is 24.9 Å². The van der Waals surface area contributed by atoms with E-state index in [9.17, 15) is 8.42 Å². The van der Waals surface area contributed by atoms with Gasteiger partial charge in [0.25, 0.3) is 0 Å². The SMILES string of the molecule is Nc1ccncc1S(=O)(=O)N1CCC2CCCCC2C1. The Bertz CT molecular complexity index is 588. The number of hydrogen-bond acceptors (Lipinski definition) is 4. The van der Waals surface area contributed by atoms with Crippen molar-refractivity contribution in [3.8, 4) is 0 Å². The van der Waals surface area contributed by atoms with Crippen LogP contribution < -0.4 is 5.73 Å². The van der Waals surface area contributed by atoms with Crippen LogP contribution in [0.4, 0.5) is 5.69 Å². The van der Waals surface area contributed by atoms with Gasteiger partial charge in [-0.3, -0.25) is 4.98 Å². The van der Waals surface area contributed by atoms with Crippen LogP contribution in [-0.2, 0) is 10.0 Å². The van der Waals surface area contributed by atoms with E-state index in [-0.39, 0.29) is 10.6 Å². The number of sulfonamides is 1. The van der Waals surface area contributed by atoms with E-state index in [4.69, 9.17) is 5.73 Å². The van der Waals surface area contributed by atoms with Gasteiger partial charge in [0.1, 0.15) is 4.90 Å². The fraction of sp³-hybridized carbons (Fsp3) is 0.643. The van der Waals surface area contributed by atoms with Gasteiger partial charge >= 0.3 is 0 Å². The van der Waals surface area contributed by atoms with Gasteiger partial charge < -0.3 is 5.73 Å². The van der Waals surface area contributed by atoms with Gasteiger partial charge in [-0.2, -0.15) is 4.31 Å². The van der Waals surface area contributed by atoms with Crippen LogP contribution in [0.25, 0.3) is 0 Å². The summed E-state index contributed by atoms with van der Waals surface area (Å²) in [4.78, 5) is 4.05. The average molecular weight is 295 g/mol. The van der Waals surface area contributed by atoms with Gasteiger partial charge in [0.2, 0.25) is 10.0 Å². The number of nitrogens with zero attached hydrogens (tertiary/aromatic N) is 2. The summed E-state index contributed by atoms with van der Waals surface area (Å²) in [5.74, 6) is 1.23. The summed E-state index contributed by atoms with van der Waals surface area (Å²) in [6.07, 6.45) is 8.78. The normalized spacial score (nSPS) is 28.0. The fourth-order valence-corrected chi connectivity index (χ4v) is 5.10. The summed E-state index contributed by atoms with van der Waals surface area (Å²) in [7, 11) is -3.50. The third-order valence-corrected chi connectivity index (χ3v) is 6.60. The molecule has 2 unspecified atom stereocenters. The lowest BCUT2D eigenvalue weighted by Gasteiger charge is -2.40. The van der Waals surface area contributed by atoms with Crippen molar-refractivity contribution >= 4 is 15.7 Å².